The van der Waals surface area contributed by atoms with Crippen LogP contribution in [-0.2, 0) is 0 Å². The summed E-state index contributed by atoms with van der Waals surface area (Å²) in [6.07, 6.45) is 1.86. The minimum absolute atomic E-state index is 0.723. The van der Waals surface area contributed by atoms with Gasteiger partial charge in [-0.25, -0.2) is 0 Å². The van der Waals surface area contributed by atoms with E-state index in [-0.39, 0.29) is 0 Å². The van der Waals surface area contributed by atoms with E-state index in [1.165, 1.54) is 27.6 Å². The quantitative estimate of drug-likeness (QED) is 0.240. The van der Waals surface area contributed by atoms with Crippen molar-refractivity contribution in [2.45, 2.75) is 20.8 Å². The van der Waals surface area contributed by atoms with Crippen LogP contribution >= 0.6 is 0 Å². The minimum atomic E-state index is 0.723. The summed E-state index contributed by atoms with van der Waals surface area (Å²) in [6, 6.07) is 17.4. The fourth-order valence-electron chi connectivity index (χ4n) is 4.94. The summed E-state index contributed by atoms with van der Waals surface area (Å²) in [6.45, 7) is 6.42. The summed E-state index contributed by atoms with van der Waals surface area (Å²) in [4.78, 5) is 4.79. The summed E-state index contributed by atoms with van der Waals surface area (Å²) in [7, 11) is 0. The molecule has 0 N–H and O–H groups in total. The SMILES string of the molecule is Cc1cc(C)c2c(c1)c1nccc3cc(C#N)c4c5ccc(C)cc5n2c4c31. The molecule has 28 heavy (non-hydrogen) atoms. The molecule has 0 unspecified atom stereocenters. The van der Waals surface area contributed by atoms with Gasteiger partial charge in [-0.3, -0.25) is 4.98 Å². The molecule has 0 amide bonds. The van der Waals surface area contributed by atoms with Crippen LogP contribution in [0.5, 0.6) is 0 Å². The Morgan fingerprint density at radius 3 is 2.54 bits per heavy atom. The van der Waals surface area contributed by atoms with E-state index in [2.05, 4.69) is 61.6 Å². The zero-order valence-corrected chi connectivity index (χ0v) is 16.0. The Balaban J connectivity index is 2.15. The van der Waals surface area contributed by atoms with Crippen molar-refractivity contribution in [2.24, 2.45) is 0 Å². The molecule has 132 valence electrons. The Bertz CT molecular complexity index is 1640. The van der Waals surface area contributed by atoms with Crippen molar-refractivity contribution in [3.63, 3.8) is 0 Å². The van der Waals surface area contributed by atoms with E-state index in [1.807, 2.05) is 18.3 Å². The van der Waals surface area contributed by atoms with Crippen LogP contribution in [0, 0.1) is 32.1 Å². The first-order valence-electron chi connectivity index (χ1n) is 9.47. The first-order chi connectivity index (χ1) is 13.6. The number of fused-ring (bicyclic) bond motifs is 6. The number of pyridine rings is 2. The van der Waals surface area contributed by atoms with Crippen LogP contribution in [0.4, 0.5) is 0 Å². The molecule has 0 aliphatic carbocycles. The number of nitrogens with zero attached hydrogens (tertiary/aromatic N) is 3. The molecule has 0 aliphatic heterocycles. The molecule has 3 nitrogen and oxygen atoms in total. The largest absolute Gasteiger partial charge is 0.308 e. The number of hydrogen-bond donors (Lipinski definition) is 0. The van der Waals surface area contributed by atoms with Crippen molar-refractivity contribution in [1.82, 2.24) is 9.38 Å². The Hall–Kier alpha value is -3.64. The smallest absolute Gasteiger partial charge is 0.0999 e. The molecule has 0 aliphatic rings. The third-order valence-electron chi connectivity index (χ3n) is 5.96. The molecule has 3 aromatic carbocycles. The van der Waals surface area contributed by atoms with Crippen LogP contribution < -0.4 is 0 Å². The summed E-state index contributed by atoms with van der Waals surface area (Å²) < 4.78 is 2.36. The molecule has 6 aromatic rings. The van der Waals surface area contributed by atoms with Gasteiger partial charge in [0.1, 0.15) is 0 Å². The molecule has 0 radical (unpaired) electrons. The van der Waals surface area contributed by atoms with Crippen LogP contribution in [-0.4, -0.2) is 9.38 Å². The number of nitriles is 1. The molecule has 0 spiro atoms. The van der Waals surface area contributed by atoms with Gasteiger partial charge in [0.15, 0.2) is 0 Å². The van der Waals surface area contributed by atoms with Crippen molar-refractivity contribution in [2.75, 3.05) is 0 Å². The molecule has 3 heteroatoms. The Labute approximate surface area is 161 Å². The molecule has 3 heterocycles. The second-order valence-corrected chi connectivity index (χ2v) is 7.85. The highest BCUT2D eigenvalue weighted by Gasteiger charge is 2.22. The lowest BCUT2D eigenvalue weighted by Crippen LogP contribution is -1.97. The monoisotopic (exact) mass is 359 g/mol. The maximum atomic E-state index is 9.92. The van der Waals surface area contributed by atoms with E-state index in [1.54, 1.807) is 0 Å². The Morgan fingerprint density at radius 1 is 0.857 bits per heavy atom. The molecule has 3 aromatic heterocycles. The van der Waals surface area contributed by atoms with Gasteiger partial charge in [-0.15, -0.1) is 0 Å². The Kier molecular flexibility index (Phi) is 2.75. The fourth-order valence-corrected chi connectivity index (χ4v) is 4.94. The van der Waals surface area contributed by atoms with Gasteiger partial charge in [-0.2, -0.15) is 5.26 Å². The van der Waals surface area contributed by atoms with E-state index in [0.717, 1.165) is 43.7 Å². The lowest BCUT2D eigenvalue weighted by molar-refractivity contribution is 1.29. The molecule has 0 saturated carbocycles. The standard InChI is InChI=1S/C25H17N3/c1-13-4-5-18-20(10-13)28-24-15(3)8-14(2)9-19(24)23-22-16(6-7-27-23)11-17(12-26)21(18)25(22)28/h4-11H,1-3H3. The molecular formula is C25H17N3. The lowest BCUT2D eigenvalue weighted by Gasteiger charge is -2.15. The van der Waals surface area contributed by atoms with Gasteiger partial charge in [0.25, 0.3) is 0 Å². The van der Waals surface area contributed by atoms with E-state index in [4.69, 9.17) is 4.98 Å². The van der Waals surface area contributed by atoms with Crippen molar-refractivity contribution in [3.8, 4) is 6.07 Å². The van der Waals surface area contributed by atoms with E-state index in [0.29, 0.717) is 0 Å². The molecule has 0 saturated heterocycles. The maximum Gasteiger partial charge on any atom is 0.0999 e. The lowest BCUT2D eigenvalue weighted by atomic mass is 9.97. The van der Waals surface area contributed by atoms with E-state index in [9.17, 15) is 5.26 Å². The highest BCUT2D eigenvalue weighted by Crippen LogP contribution is 2.43. The summed E-state index contributed by atoms with van der Waals surface area (Å²) in [5.41, 5.74) is 8.85. The summed E-state index contributed by atoms with van der Waals surface area (Å²) in [5.74, 6) is 0. The number of hydrogen-bond acceptors (Lipinski definition) is 2. The average Bonchev–Trinajstić information content (AvgIpc) is 3.01. The zero-order valence-electron chi connectivity index (χ0n) is 16.0. The first kappa shape index (κ1) is 15.4. The van der Waals surface area contributed by atoms with Gasteiger partial charge in [-0.1, -0.05) is 23.8 Å². The van der Waals surface area contributed by atoms with Gasteiger partial charge in [0.2, 0.25) is 0 Å². The highest BCUT2D eigenvalue weighted by atomic mass is 14.9. The van der Waals surface area contributed by atoms with Crippen molar-refractivity contribution >= 4 is 49.0 Å². The third-order valence-corrected chi connectivity index (χ3v) is 5.96. The van der Waals surface area contributed by atoms with Crippen molar-refractivity contribution in [3.05, 3.63) is 70.9 Å². The number of aromatic nitrogens is 2. The predicted molar refractivity (Wildman–Crippen MR) is 115 cm³/mol. The van der Waals surface area contributed by atoms with Crippen LogP contribution in [0.3, 0.4) is 0 Å². The van der Waals surface area contributed by atoms with Gasteiger partial charge >= 0.3 is 0 Å². The van der Waals surface area contributed by atoms with Gasteiger partial charge in [0, 0.05) is 27.7 Å². The molecule has 0 bridgehead atoms. The molecule has 0 fully saturated rings. The molecule has 6 rings (SSSR count). The second-order valence-electron chi connectivity index (χ2n) is 7.85. The second kappa shape index (κ2) is 4.99. The zero-order chi connectivity index (χ0) is 19.2. The van der Waals surface area contributed by atoms with Crippen LogP contribution in [0.1, 0.15) is 22.3 Å². The average molecular weight is 359 g/mol. The number of aryl methyl sites for hydroxylation is 3. The minimum Gasteiger partial charge on any atom is -0.308 e. The highest BCUT2D eigenvalue weighted by molar-refractivity contribution is 6.29. The third kappa shape index (κ3) is 1.70. The number of rotatable bonds is 0. The normalized spacial score (nSPS) is 12.1. The fraction of sp³-hybridized carbons (Fsp3) is 0.120. The van der Waals surface area contributed by atoms with Crippen LogP contribution in [0.2, 0.25) is 0 Å². The Morgan fingerprint density at radius 2 is 1.71 bits per heavy atom. The molecule has 0 atom stereocenters. The maximum absolute atomic E-state index is 9.92. The van der Waals surface area contributed by atoms with Gasteiger partial charge in [-0.05, 0) is 61.5 Å². The van der Waals surface area contributed by atoms with Crippen molar-refractivity contribution < 1.29 is 0 Å². The summed E-state index contributed by atoms with van der Waals surface area (Å²) in [5, 5.41) is 15.5. The van der Waals surface area contributed by atoms with Crippen LogP contribution in [0.25, 0.3) is 49.0 Å². The van der Waals surface area contributed by atoms with Crippen LogP contribution in [0.15, 0.2) is 48.7 Å². The van der Waals surface area contributed by atoms with E-state index < -0.39 is 0 Å². The van der Waals surface area contributed by atoms with Gasteiger partial charge < -0.3 is 4.40 Å². The summed E-state index contributed by atoms with van der Waals surface area (Å²) >= 11 is 0. The van der Waals surface area contributed by atoms with Gasteiger partial charge in [0.05, 0.1) is 33.7 Å². The number of benzene rings is 3. The first-order valence-corrected chi connectivity index (χ1v) is 9.47. The van der Waals surface area contributed by atoms with E-state index >= 15 is 0 Å². The molecular weight excluding hydrogens is 342 g/mol. The van der Waals surface area contributed by atoms with Crippen molar-refractivity contribution in [1.29, 1.82) is 5.26 Å². The topological polar surface area (TPSA) is 41.1 Å². The predicted octanol–water partition coefficient (Wildman–Crippen LogP) is 6.18.